The molecule has 1 saturated heterocycles. The van der Waals surface area contributed by atoms with Gasteiger partial charge >= 0.3 is 0 Å². The molecule has 1 amide bonds. The smallest absolute Gasteiger partial charge is 0.259 e. The average molecular weight is 374 g/mol. The highest BCUT2D eigenvalue weighted by Gasteiger charge is 2.31. The number of amides is 1. The topological polar surface area (TPSA) is 85.0 Å². The van der Waals surface area contributed by atoms with Crippen LogP contribution in [0, 0.1) is 5.92 Å². The lowest BCUT2D eigenvalue weighted by molar-refractivity contribution is 0.0686. The Bertz CT molecular complexity index is 807. The van der Waals surface area contributed by atoms with Gasteiger partial charge in [0.15, 0.2) is 17.3 Å². The first-order valence-electron chi connectivity index (χ1n) is 9.15. The number of piperidine rings is 1. The van der Waals surface area contributed by atoms with Crippen molar-refractivity contribution >= 4 is 5.91 Å². The zero-order chi connectivity index (χ0) is 19.6. The lowest BCUT2D eigenvalue weighted by Gasteiger charge is -2.30. The molecule has 0 aliphatic carbocycles. The summed E-state index contributed by atoms with van der Waals surface area (Å²) in [6.45, 7) is 5.14. The van der Waals surface area contributed by atoms with Gasteiger partial charge in [-0.05, 0) is 43.9 Å². The van der Waals surface area contributed by atoms with Crippen molar-refractivity contribution < 1.29 is 23.9 Å². The Morgan fingerprint density at radius 2 is 1.93 bits per heavy atom. The molecule has 2 heterocycles. The summed E-state index contributed by atoms with van der Waals surface area (Å²) in [4.78, 5) is 15.0. The van der Waals surface area contributed by atoms with E-state index in [1.165, 1.54) is 0 Å². The molecular weight excluding hydrogens is 348 g/mol. The molecule has 0 spiro atoms. The molecule has 1 aromatic carbocycles. The summed E-state index contributed by atoms with van der Waals surface area (Å²) in [7, 11) is 3.11. The standard InChI is InChI=1S/C20H26N2O5/c1-12-7-9-22(10-8-12)20(24)17-18(21-27-19(17)13(2)23)14-5-6-15(25-3)16(11-14)26-4/h5-6,11-13,23H,7-10H2,1-4H3/t13-/m0/s1. The lowest BCUT2D eigenvalue weighted by atomic mass is 9.97. The van der Waals surface area contributed by atoms with Crippen molar-refractivity contribution in [2.45, 2.75) is 32.8 Å². The summed E-state index contributed by atoms with van der Waals surface area (Å²) < 4.78 is 16.0. The van der Waals surface area contributed by atoms with E-state index in [2.05, 4.69) is 12.1 Å². The van der Waals surface area contributed by atoms with Crippen molar-refractivity contribution in [3.8, 4) is 22.8 Å². The van der Waals surface area contributed by atoms with E-state index in [1.54, 1.807) is 39.3 Å². The van der Waals surface area contributed by atoms with Crippen LogP contribution in [0.1, 0.15) is 48.9 Å². The molecule has 146 valence electrons. The summed E-state index contributed by atoms with van der Waals surface area (Å²) in [5.41, 5.74) is 1.37. The molecule has 1 aromatic heterocycles. The third kappa shape index (κ3) is 3.78. The van der Waals surface area contributed by atoms with Crippen LogP contribution < -0.4 is 9.47 Å². The fraction of sp³-hybridized carbons (Fsp3) is 0.500. The SMILES string of the molecule is COc1ccc(-c2noc([C@H](C)O)c2C(=O)N2CCC(C)CC2)cc1OC. The van der Waals surface area contributed by atoms with Gasteiger partial charge in [-0.15, -0.1) is 0 Å². The fourth-order valence-corrected chi connectivity index (χ4v) is 3.34. The quantitative estimate of drug-likeness (QED) is 0.864. The number of rotatable bonds is 5. The van der Waals surface area contributed by atoms with E-state index in [0.717, 1.165) is 12.8 Å². The van der Waals surface area contributed by atoms with Crippen LogP contribution in [-0.4, -0.2) is 48.4 Å². The maximum absolute atomic E-state index is 13.2. The third-order valence-electron chi connectivity index (χ3n) is 5.04. The van der Waals surface area contributed by atoms with Crippen LogP contribution in [0.15, 0.2) is 22.7 Å². The Hall–Kier alpha value is -2.54. The number of hydrogen-bond donors (Lipinski definition) is 1. The maximum Gasteiger partial charge on any atom is 0.259 e. The van der Waals surface area contributed by atoms with Crippen LogP contribution in [-0.2, 0) is 0 Å². The van der Waals surface area contributed by atoms with Crippen molar-refractivity contribution in [2.24, 2.45) is 5.92 Å². The second-order valence-corrected chi connectivity index (χ2v) is 6.99. The zero-order valence-electron chi connectivity index (χ0n) is 16.2. The predicted molar refractivity (Wildman–Crippen MR) is 100.0 cm³/mol. The van der Waals surface area contributed by atoms with Crippen LogP contribution in [0.4, 0.5) is 0 Å². The van der Waals surface area contributed by atoms with E-state index in [-0.39, 0.29) is 11.7 Å². The number of carbonyl (C=O) groups is 1. The van der Waals surface area contributed by atoms with E-state index >= 15 is 0 Å². The fourth-order valence-electron chi connectivity index (χ4n) is 3.34. The van der Waals surface area contributed by atoms with Crippen LogP contribution in [0.25, 0.3) is 11.3 Å². The van der Waals surface area contributed by atoms with Gasteiger partial charge in [0, 0.05) is 18.7 Å². The first-order valence-corrected chi connectivity index (χ1v) is 9.15. The molecule has 1 aliphatic heterocycles. The Labute approximate surface area is 158 Å². The number of aromatic nitrogens is 1. The molecule has 1 N–H and O–H groups in total. The van der Waals surface area contributed by atoms with Gasteiger partial charge in [0.1, 0.15) is 17.4 Å². The van der Waals surface area contributed by atoms with Gasteiger partial charge in [-0.3, -0.25) is 4.79 Å². The molecule has 3 rings (SSSR count). The molecule has 7 nitrogen and oxygen atoms in total. The third-order valence-corrected chi connectivity index (χ3v) is 5.04. The van der Waals surface area contributed by atoms with Gasteiger partial charge in [0.25, 0.3) is 5.91 Å². The summed E-state index contributed by atoms with van der Waals surface area (Å²) in [6.07, 6.45) is 0.994. The molecule has 1 fully saturated rings. The average Bonchev–Trinajstić information content (AvgIpc) is 3.12. The van der Waals surface area contributed by atoms with Crippen LogP contribution in [0.2, 0.25) is 0 Å². The molecule has 0 radical (unpaired) electrons. The molecule has 7 heteroatoms. The van der Waals surface area contributed by atoms with Crippen molar-refractivity contribution in [2.75, 3.05) is 27.3 Å². The normalized spacial score (nSPS) is 16.3. The molecule has 2 aromatic rings. The Morgan fingerprint density at radius 1 is 1.26 bits per heavy atom. The largest absolute Gasteiger partial charge is 0.493 e. The second kappa shape index (κ2) is 8.00. The van der Waals surface area contributed by atoms with Crippen LogP contribution in [0.5, 0.6) is 11.5 Å². The number of nitrogens with zero attached hydrogens (tertiary/aromatic N) is 2. The maximum atomic E-state index is 13.2. The Balaban J connectivity index is 2.03. The van der Waals surface area contributed by atoms with Crippen LogP contribution >= 0.6 is 0 Å². The van der Waals surface area contributed by atoms with E-state index in [4.69, 9.17) is 14.0 Å². The molecule has 0 unspecified atom stereocenters. The van der Waals surface area contributed by atoms with E-state index in [1.807, 2.05) is 4.90 Å². The second-order valence-electron chi connectivity index (χ2n) is 6.99. The first kappa shape index (κ1) is 19.2. The van der Waals surface area contributed by atoms with Gasteiger partial charge < -0.3 is 24.0 Å². The van der Waals surface area contributed by atoms with Gasteiger partial charge in [-0.1, -0.05) is 12.1 Å². The van der Waals surface area contributed by atoms with Gasteiger partial charge in [-0.25, -0.2) is 0 Å². The number of methoxy groups -OCH3 is 2. The highest BCUT2D eigenvalue weighted by Crippen LogP contribution is 2.36. The van der Waals surface area contributed by atoms with Gasteiger partial charge in [-0.2, -0.15) is 0 Å². The van der Waals surface area contributed by atoms with E-state index in [0.29, 0.717) is 47.3 Å². The minimum absolute atomic E-state index is 0.163. The number of benzene rings is 1. The van der Waals surface area contributed by atoms with Crippen LogP contribution in [0.3, 0.4) is 0 Å². The highest BCUT2D eigenvalue weighted by atomic mass is 16.5. The van der Waals surface area contributed by atoms with Crippen molar-refractivity contribution in [3.05, 3.63) is 29.5 Å². The van der Waals surface area contributed by atoms with Gasteiger partial charge in [0.2, 0.25) is 0 Å². The Morgan fingerprint density at radius 3 is 2.52 bits per heavy atom. The number of aliphatic hydroxyl groups is 1. The summed E-state index contributed by atoms with van der Waals surface area (Å²) in [5.74, 6) is 1.74. The number of ether oxygens (including phenoxy) is 2. The van der Waals surface area contributed by atoms with Crippen molar-refractivity contribution in [1.29, 1.82) is 0 Å². The monoisotopic (exact) mass is 374 g/mol. The number of hydrogen-bond acceptors (Lipinski definition) is 6. The molecule has 0 bridgehead atoms. The highest BCUT2D eigenvalue weighted by molar-refractivity contribution is 6.01. The van der Waals surface area contributed by atoms with Gasteiger partial charge in [0.05, 0.1) is 14.2 Å². The van der Waals surface area contributed by atoms with Crippen molar-refractivity contribution in [1.82, 2.24) is 10.1 Å². The minimum atomic E-state index is -0.936. The molecule has 0 saturated carbocycles. The molecule has 27 heavy (non-hydrogen) atoms. The predicted octanol–water partition coefficient (Wildman–Crippen LogP) is 3.28. The van der Waals surface area contributed by atoms with Crippen molar-refractivity contribution in [3.63, 3.8) is 0 Å². The number of likely N-dealkylation sites (tertiary alicyclic amines) is 1. The number of carbonyl (C=O) groups excluding carboxylic acids is 1. The summed E-state index contributed by atoms with van der Waals surface area (Å²) in [6, 6.07) is 5.29. The molecule has 1 aliphatic rings. The lowest BCUT2D eigenvalue weighted by Crippen LogP contribution is -2.38. The Kier molecular flexibility index (Phi) is 5.70. The first-order chi connectivity index (χ1) is 13.0. The minimum Gasteiger partial charge on any atom is -0.493 e. The molecule has 1 atom stereocenters. The summed E-state index contributed by atoms with van der Waals surface area (Å²) >= 11 is 0. The van der Waals surface area contributed by atoms with E-state index < -0.39 is 6.10 Å². The van der Waals surface area contributed by atoms with E-state index in [9.17, 15) is 9.90 Å². The summed E-state index contributed by atoms with van der Waals surface area (Å²) in [5, 5.41) is 14.2. The zero-order valence-corrected chi connectivity index (χ0v) is 16.2. The number of aliphatic hydroxyl groups excluding tert-OH is 1. The molecular formula is C20H26N2O5.